The first-order valence-electron chi connectivity index (χ1n) is 9.38. The second-order valence-electron chi connectivity index (χ2n) is 7.41. The van der Waals surface area contributed by atoms with Crippen molar-refractivity contribution in [2.75, 3.05) is 25.6 Å². The molecule has 0 amide bonds. The molecule has 0 fully saturated rings. The molecule has 1 aromatic carbocycles. The Kier molecular flexibility index (Phi) is 5.96. The minimum absolute atomic E-state index is 0.269. The number of nitrogens with one attached hydrogen (secondary N) is 1. The molecule has 1 atom stereocenters. The van der Waals surface area contributed by atoms with Crippen LogP contribution in [0.4, 0.5) is 10.2 Å². The molecule has 3 rings (SSSR count). The molecule has 1 aliphatic carbocycles. The second kappa shape index (κ2) is 8.43. The summed E-state index contributed by atoms with van der Waals surface area (Å²) < 4.78 is 18.9. The number of ether oxygens (including phenoxy) is 1. The monoisotopic (exact) mass is 396 g/mol. The van der Waals surface area contributed by atoms with E-state index in [1.54, 1.807) is 6.07 Å². The number of nitrogens with zero attached hydrogens (tertiary/aromatic N) is 2. The molecule has 0 saturated heterocycles. The van der Waals surface area contributed by atoms with Gasteiger partial charge in [-0.05, 0) is 54.7 Å². The molecule has 0 radical (unpaired) electrons. The molecule has 1 heterocycles. The van der Waals surface area contributed by atoms with E-state index in [4.69, 9.17) is 15.9 Å². The molecule has 2 aromatic rings. The molecular weight excluding hydrogens is 371 g/mol. The SMILES string of the molecule is COc1nc(N(C)CCC2(C=O)Cc3ccc(F)cc3C2)ccc1/C(C=N)=C/N. The molecule has 0 aliphatic heterocycles. The first-order chi connectivity index (χ1) is 13.9. The minimum Gasteiger partial charge on any atom is -0.480 e. The number of carbonyl (C=O) groups is 1. The van der Waals surface area contributed by atoms with E-state index >= 15 is 0 Å². The number of nitrogens with two attached hydrogens (primary N) is 1. The van der Waals surface area contributed by atoms with Crippen molar-refractivity contribution in [3.63, 3.8) is 0 Å². The maximum atomic E-state index is 13.5. The van der Waals surface area contributed by atoms with Crippen LogP contribution in [0.5, 0.6) is 5.88 Å². The minimum atomic E-state index is -0.524. The number of carbonyl (C=O) groups excluding carboxylic acids is 1. The lowest BCUT2D eigenvalue weighted by Crippen LogP contribution is -2.30. The maximum absolute atomic E-state index is 13.5. The lowest BCUT2D eigenvalue weighted by molar-refractivity contribution is -0.116. The zero-order valence-corrected chi connectivity index (χ0v) is 16.6. The summed E-state index contributed by atoms with van der Waals surface area (Å²) in [4.78, 5) is 18.4. The number of aromatic nitrogens is 1. The highest BCUT2D eigenvalue weighted by molar-refractivity contribution is 6.09. The fraction of sp³-hybridized carbons (Fsp3) is 0.318. The number of hydrogen-bond acceptors (Lipinski definition) is 6. The highest BCUT2D eigenvalue weighted by Gasteiger charge is 2.37. The van der Waals surface area contributed by atoms with Gasteiger partial charge in [-0.15, -0.1) is 0 Å². The van der Waals surface area contributed by atoms with Crippen molar-refractivity contribution < 1.29 is 13.9 Å². The fourth-order valence-corrected chi connectivity index (χ4v) is 3.81. The molecule has 0 saturated carbocycles. The Morgan fingerprint density at radius 2 is 2.10 bits per heavy atom. The number of benzene rings is 1. The summed E-state index contributed by atoms with van der Waals surface area (Å²) in [5, 5.41) is 7.46. The lowest BCUT2D eigenvalue weighted by atomic mass is 9.83. The molecule has 6 nitrogen and oxygen atoms in total. The summed E-state index contributed by atoms with van der Waals surface area (Å²) in [5.74, 6) is 0.799. The van der Waals surface area contributed by atoms with Gasteiger partial charge in [0.25, 0.3) is 0 Å². The van der Waals surface area contributed by atoms with E-state index in [0.29, 0.717) is 48.6 Å². The topological polar surface area (TPSA) is 92.3 Å². The van der Waals surface area contributed by atoms with Crippen LogP contribution in [-0.2, 0) is 17.6 Å². The van der Waals surface area contributed by atoms with Gasteiger partial charge >= 0.3 is 0 Å². The quantitative estimate of drug-likeness (QED) is 0.529. The maximum Gasteiger partial charge on any atom is 0.223 e. The van der Waals surface area contributed by atoms with Crippen molar-refractivity contribution in [2.24, 2.45) is 11.1 Å². The number of aldehydes is 1. The third-order valence-electron chi connectivity index (χ3n) is 5.52. The van der Waals surface area contributed by atoms with Gasteiger partial charge in [0.1, 0.15) is 17.9 Å². The first kappa shape index (κ1) is 20.5. The first-order valence-corrected chi connectivity index (χ1v) is 9.38. The van der Waals surface area contributed by atoms with E-state index in [2.05, 4.69) is 4.98 Å². The van der Waals surface area contributed by atoms with Gasteiger partial charge in [0.2, 0.25) is 5.88 Å². The molecule has 0 spiro atoms. The molecule has 1 unspecified atom stereocenters. The standard InChI is InChI=1S/C22H25FN4O2/c1-27(20-6-5-19(17(12-24)13-25)21(26-20)29-2)8-7-22(14-28)10-15-3-4-18(23)9-16(15)11-22/h3-6,9,12-14,24H,7-8,10-11,25H2,1-2H3/b17-13+,24-12?. The zero-order valence-electron chi connectivity index (χ0n) is 16.6. The fourth-order valence-electron chi connectivity index (χ4n) is 3.81. The summed E-state index contributed by atoms with van der Waals surface area (Å²) in [6.45, 7) is 0.606. The van der Waals surface area contributed by atoms with Crippen LogP contribution in [0.1, 0.15) is 23.1 Å². The predicted molar refractivity (Wildman–Crippen MR) is 112 cm³/mol. The Hall–Kier alpha value is -3.22. The van der Waals surface area contributed by atoms with Gasteiger partial charge in [0.05, 0.1) is 7.11 Å². The van der Waals surface area contributed by atoms with Crippen LogP contribution in [0.15, 0.2) is 36.5 Å². The van der Waals surface area contributed by atoms with Crippen LogP contribution in [0, 0.1) is 16.6 Å². The van der Waals surface area contributed by atoms with Crippen molar-refractivity contribution in [1.29, 1.82) is 5.41 Å². The van der Waals surface area contributed by atoms with Gasteiger partial charge < -0.3 is 25.6 Å². The average Bonchev–Trinajstić information content (AvgIpc) is 3.11. The summed E-state index contributed by atoms with van der Waals surface area (Å²) in [6.07, 6.45) is 5.31. The number of halogens is 1. The van der Waals surface area contributed by atoms with E-state index in [1.807, 2.05) is 24.1 Å². The molecular formula is C22H25FN4O2. The average molecular weight is 396 g/mol. The largest absolute Gasteiger partial charge is 0.480 e. The number of rotatable bonds is 8. The lowest BCUT2D eigenvalue weighted by Gasteiger charge is -2.26. The van der Waals surface area contributed by atoms with E-state index in [1.165, 1.54) is 25.4 Å². The van der Waals surface area contributed by atoms with Gasteiger partial charge in [-0.1, -0.05) is 6.07 Å². The van der Waals surface area contributed by atoms with Gasteiger partial charge in [-0.25, -0.2) is 4.39 Å². The van der Waals surface area contributed by atoms with Crippen LogP contribution in [0.3, 0.4) is 0 Å². The Bertz CT molecular complexity index is 960. The highest BCUT2D eigenvalue weighted by atomic mass is 19.1. The van der Waals surface area contributed by atoms with E-state index < -0.39 is 5.41 Å². The van der Waals surface area contributed by atoms with Crippen LogP contribution >= 0.6 is 0 Å². The molecule has 152 valence electrons. The van der Waals surface area contributed by atoms with E-state index in [0.717, 1.165) is 23.6 Å². The predicted octanol–water partition coefficient (Wildman–Crippen LogP) is 2.99. The molecule has 3 N–H and O–H groups in total. The van der Waals surface area contributed by atoms with Crippen molar-refractivity contribution in [2.45, 2.75) is 19.3 Å². The second-order valence-corrected chi connectivity index (χ2v) is 7.41. The zero-order chi connectivity index (χ0) is 21.0. The molecule has 1 aromatic heterocycles. The van der Waals surface area contributed by atoms with Crippen molar-refractivity contribution in [3.8, 4) is 5.88 Å². The van der Waals surface area contributed by atoms with Crippen molar-refractivity contribution in [1.82, 2.24) is 4.98 Å². The molecule has 0 bridgehead atoms. The summed E-state index contributed by atoms with van der Waals surface area (Å²) >= 11 is 0. The van der Waals surface area contributed by atoms with E-state index in [9.17, 15) is 9.18 Å². The Morgan fingerprint density at radius 3 is 2.76 bits per heavy atom. The van der Waals surface area contributed by atoms with Crippen LogP contribution in [0.25, 0.3) is 5.57 Å². The van der Waals surface area contributed by atoms with Gasteiger partial charge in [-0.3, -0.25) is 0 Å². The molecule has 1 aliphatic rings. The number of methoxy groups -OCH3 is 1. The van der Waals surface area contributed by atoms with Gasteiger partial charge in [0, 0.05) is 42.6 Å². The molecule has 29 heavy (non-hydrogen) atoms. The summed E-state index contributed by atoms with van der Waals surface area (Å²) in [5.41, 5.74) is 8.15. The van der Waals surface area contributed by atoms with Crippen molar-refractivity contribution >= 4 is 23.9 Å². The Labute approximate surface area is 169 Å². The Morgan fingerprint density at radius 1 is 1.34 bits per heavy atom. The summed E-state index contributed by atoms with van der Waals surface area (Å²) in [6, 6.07) is 8.39. The number of anilines is 1. The third-order valence-corrected chi connectivity index (χ3v) is 5.52. The number of hydrogen-bond donors (Lipinski definition) is 2. The van der Waals surface area contributed by atoms with Crippen LogP contribution < -0.4 is 15.4 Å². The smallest absolute Gasteiger partial charge is 0.223 e. The third kappa shape index (κ3) is 4.13. The number of fused-ring (bicyclic) bond motifs is 1. The van der Waals surface area contributed by atoms with Crippen LogP contribution in [0.2, 0.25) is 0 Å². The van der Waals surface area contributed by atoms with E-state index in [-0.39, 0.29) is 5.82 Å². The number of allylic oxidation sites excluding steroid dienone is 1. The highest BCUT2D eigenvalue weighted by Crippen LogP contribution is 2.39. The van der Waals surface area contributed by atoms with Crippen molar-refractivity contribution in [3.05, 3.63) is 59.0 Å². The normalized spacial score (nSPS) is 18.2. The number of pyridine rings is 1. The summed E-state index contributed by atoms with van der Waals surface area (Å²) in [7, 11) is 3.42. The molecule has 7 heteroatoms. The van der Waals surface area contributed by atoms with Crippen LogP contribution in [-0.4, -0.2) is 38.2 Å². The Balaban J connectivity index is 1.74. The van der Waals surface area contributed by atoms with Gasteiger partial charge in [-0.2, -0.15) is 4.98 Å². The van der Waals surface area contributed by atoms with Gasteiger partial charge in [0.15, 0.2) is 0 Å².